The minimum atomic E-state index is -4.06. The fraction of sp³-hybridized carbons (Fsp3) is 0.118. The number of nitrogens with zero attached hydrogens (tertiary/aromatic N) is 2. The summed E-state index contributed by atoms with van der Waals surface area (Å²) in [5, 5.41) is 0.305. The molecule has 26 heavy (non-hydrogen) atoms. The Bertz CT molecular complexity index is 1150. The highest BCUT2D eigenvalue weighted by Gasteiger charge is 2.18. The lowest BCUT2D eigenvalue weighted by molar-refractivity contribution is 0.253. The average Bonchev–Trinajstić information content (AvgIpc) is 2.58. The predicted octanol–water partition coefficient (Wildman–Crippen LogP) is 1.66. The third kappa shape index (κ3) is 3.42. The molecule has 3 aromatic rings. The van der Waals surface area contributed by atoms with Crippen molar-refractivity contribution in [2.45, 2.75) is 18.7 Å². The van der Waals surface area contributed by atoms with Crippen molar-refractivity contribution in [2.75, 3.05) is 5.43 Å². The summed E-state index contributed by atoms with van der Waals surface area (Å²) >= 11 is 0. The van der Waals surface area contributed by atoms with Crippen molar-refractivity contribution in [1.29, 1.82) is 0 Å². The number of carbonyl (C=O) groups excluding carboxylic acids is 1. The molecule has 0 atom stereocenters. The molecule has 8 nitrogen and oxygen atoms in total. The lowest BCUT2D eigenvalue weighted by Crippen LogP contribution is -2.43. The predicted molar refractivity (Wildman–Crippen MR) is 97.0 cm³/mol. The van der Waals surface area contributed by atoms with Gasteiger partial charge < -0.3 is 0 Å². The van der Waals surface area contributed by atoms with Crippen molar-refractivity contribution in [3.63, 3.8) is 0 Å². The Balaban J connectivity index is 1.88. The smallest absolute Gasteiger partial charge is 0.267 e. The molecule has 0 spiro atoms. The van der Waals surface area contributed by atoms with E-state index < -0.39 is 21.6 Å². The van der Waals surface area contributed by atoms with Crippen molar-refractivity contribution in [3.05, 3.63) is 70.3 Å². The van der Waals surface area contributed by atoms with Gasteiger partial charge in [0, 0.05) is 0 Å². The quantitative estimate of drug-likeness (QED) is 0.726. The van der Waals surface area contributed by atoms with Crippen LogP contribution in [0.2, 0.25) is 0 Å². The molecule has 0 aliphatic heterocycles. The van der Waals surface area contributed by atoms with Crippen LogP contribution in [0.1, 0.15) is 11.4 Å². The molecule has 0 radical (unpaired) electrons. The van der Waals surface area contributed by atoms with Gasteiger partial charge in [-0.3, -0.25) is 4.79 Å². The van der Waals surface area contributed by atoms with Crippen LogP contribution in [-0.2, 0) is 10.0 Å². The van der Waals surface area contributed by atoms with E-state index in [2.05, 4.69) is 10.4 Å². The van der Waals surface area contributed by atoms with Crippen LogP contribution in [0.5, 0.6) is 0 Å². The summed E-state index contributed by atoms with van der Waals surface area (Å²) < 4.78 is 27.3. The van der Waals surface area contributed by atoms with Crippen LogP contribution in [0.25, 0.3) is 10.9 Å². The number of aryl methyl sites for hydroxylation is 2. The van der Waals surface area contributed by atoms with E-state index >= 15 is 0 Å². The number of aromatic nitrogens is 2. The zero-order valence-electron chi connectivity index (χ0n) is 14.1. The topological polar surface area (TPSA) is 110 Å². The van der Waals surface area contributed by atoms with Crippen LogP contribution in [0.3, 0.4) is 0 Å². The van der Waals surface area contributed by atoms with Gasteiger partial charge in [0.1, 0.15) is 5.82 Å². The number of sulfonamides is 1. The van der Waals surface area contributed by atoms with E-state index in [1.165, 1.54) is 19.1 Å². The highest BCUT2D eigenvalue weighted by atomic mass is 32.2. The van der Waals surface area contributed by atoms with Crippen molar-refractivity contribution >= 4 is 27.0 Å². The molecular weight excluding hydrogens is 356 g/mol. The highest BCUT2D eigenvalue weighted by molar-refractivity contribution is 7.90. The van der Waals surface area contributed by atoms with Crippen molar-refractivity contribution < 1.29 is 13.2 Å². The summed E-state index contributed by atoms with van der Waals surface area (Å²) in [6, 6.07) is 11.6. The number of fused-ring (bicyclic) bond motifs is 1. The van der Waals surface area contributed by atoms with E-state index in [-0.39, 0.29) is 10.7 Å². The monoisotopic (exact) mass is 372 g/mol. The van der Waals surface area contributed by atoms with Crippen molar-refractivity contribution in [1.82, 2.24) is 14.4 Å². The standard InChI is InChI=1S/C17H16N4O4S/c1-11-7-9-13(10-8-11)26(24,25)20-17(23)19-21-12(2)18-15-6-4-3-5-14(15)16(21)22/h3-10H,1-2H3,(H2,19,20,23). The second-order valence-corrected chi connectivity index (χ2v) is 7.36. The number of urea groups is 1. The summed E-state index contributed by atoms with van der Waals surface area (Å²) in [6.45, 7) is 3.35. The number of nitrogens with one attached hydrogen (secondary N) is 2. The first kappa shape index (κ1) is 17.6. The Morgan fingerprint density at radius 3 is 2.38 bits per heavy atom. The van der Waals surface area contributed by atoms with E-state index in [1.54, 1.807) is 36.4 Å². The van der Waals surface area contributed by atoms with Gasteiger partial charge in [0.2, 0.25) is 0 Å². The maximum Gasteiger partial charge on any atom is 0.347 e. The van der Waals surface area contributed by atoms with E-state index in [9.17, 15) is 18.0 Å². The van der Waals surface area contributed by atoms with Gasteiger partial charge >= 0.3 is 6.03 Å². The van der Waals surface area contributed by atoms with Gasteiger partial charge in [-0.15, -0.1) is 0 Å². The summed E-state index contributed by atoms with van der Waals surface area (Å²) in [5.74, 6) is 0.219. The molecule has 0 aliphatic carbocycles. The first-order valence-electron chi connectivity index (χ1n) is 7.67. The Morgan fingerprint density at radius 1 is 1.04 bits per heavy atom. The fourth-order valence-corrected chi connectivity index (χ4v) is 3.30. The minimum absolute atomic E-state index is 0.0565. The second-order valence-electron chi connectivity index (χ2n) is 5.68. The summed E-state index contributed by atoms with van der Waals surface area (Å²) in [7, 11) is -4.06. The summed E-state index contributed by atoms with van der Waals surface area (Å²) in [4.78, 5) is 28.8. The van der Waals surface area contributed by atoms with Crippen molar-refractivity contribution in [3.8, 4) is 0 Å². The van der Waals surface area contributed by atoms with Crippen LogP contribution < -0.4 is 15.7 Å². The molecule has 0 unspecified atom stereocenters. The molecule has 0 bridgehead atoms. The van der Waals surface area contributed by atoms with Gasteiger partial charge in [0.05, 0.1) is 15.8 Å². The molecule has 9 heteroatoms. The van der Waals surface area contributed by atoms with Crippen LogP contribution in [0, 0.1) is 13.8 Å². The summed E-state index contributed by atoms with van der Waals surface area (Å²) in [5.41, 5.74) is 3.09. The fourth-order valence-electron chi connectivity index (χ4n) is 2.40. The molecule has 2 amide bonds. The van der Waals surface area contributed by atoms with Gasteiger partial charge in [0.15, 0.2) is 0 Å². The SMILES string of the molecule is Cc1ccc(S(=O)(=O)NC(=O)Nn2c(C)nc3ccccc3c2=O)cc1. The molecule has 0 saturated carbocycles. The number of benzene rings is 2. The molecule has 2 aromatic carbocycles. The van der Waals surface area contributed by atoms with Gasteiger partial charge in [0.25, 0.3) is 15.6 Å². The number of rotatable bonds is 3. The molecule has 2 N–H and O–H groups in total. The number of hydrogen-bond donors (Lipinski definition) is 2. The van der Waals surface area contributed by atoms with Gasteiger partial charge in [-0.25, -0.2) is 33.0 Å². The number of hydrogen-bond acceptors (Lipinski definition) is 5. The Kier molecular flexibility index (Phi) is 4.47. The number of para-hydroxylation sites is 1. The van der Waals surface area contributed by atoms with Gasteiger partial charge in [-0.05, 0) is 38.1 Å². The normalized spacial score (nSPS) is 11.3. The van der Waals surface area contributed by atoms with Gasteiger partial charge in [-0.2, -0.15) is 0 Å². The van der Waals surface area contributed by atoms with Crippen LogP contribution in [0.4, 0.5) is 4.79 Å². The molecule has 134 valence electrons. The van der Waals surface area contributed by atoms with E-state index in [0.717, 1.165) is 10.2 Å². The number of carbonyl (C=O) groups is 1. The first-order valence-corrected chi connectivity index (χ1v) is 9.15. The molecule has 0 saturated heterocycles. The Morgan fingerprint density at radius 2 is 1.69 bits per heavy atom. The zero-order chi connectivity index (χ0) is 18.9. The third-order valence-corrected chi connectivity index (χ3v) is 5.06. The molecule has 3 rings (SSSR count). The highest BCUT2D eigenvalue weighted by Crippen LogP contribution is 2.10. The minimum Gasteiger partial charge on any atom is -0.267 e. The lowest BCUT2D eigenvalue weighted by Gasteiger charge is -2.13. The van der Waals surface area contributed by atoms with E-state index in [0.29, 0.717) is 10.9 Å². The lowest BCUT2D eigenvalue weighted by atomic mass is 10.2. The second kappa shape index (κ2) is 6.60. The molecular formula is C17H16N4O4S. The van der Waals surface area contributed by atoms with Crippen molar-refractivity contribution in [2.24, 2.45) is 0 Å². The largest absolute Gasteiger partial charge is 0.347 e. The summed E-state index contributed by atoms with van der Waals surface area (Å²) in [6.07, 6.45) is 0. The average molecular weight is 372 g/mol. The van der Waals surface area contributed by atoms with E-state index in [4.69, 9.17) is 0 Å². The third-order valence-electron chi connectivity index (χ3n) is 3.72. The van der Waals surface area contributed by atoms with Crippen LogP contribution in [-0.4, -0.2) is 24.1 Å². The molecule has 0 aliphatic rings. The van der Waals surface area contributed by atoms with Gasteiger partial charge in [-0.1, -0.05) is 29.8 Å². The molecule has 1 aromatic heterocycles. The van der Waals surface area contributed by atoms with Crippen LogP contribution >= 0.6 is 0 Å². The molecule has 0 fully saturated rings. The maximum atomic E-state index is 12.5. The number of amides is 2. The van der Waals surface area contributed by atoms with E-state index in [1.807, 2.05) is 11.6 Å². The Hall–Kier alpha value is -3.20. The first-order chi connectivity index (χ1) is 12.3. The zero-order valence-corrected chi connectivity index (χ0v) is 14.9. The maximum absolute atomic E-state index is 12.5. The molecule has 1 heterocycles. The van der Waals surface area contributed by atoms with Crippen LogP contribution in [0.15, 0.2) is 58.2 Å². The Labute approximate surface area is 149 Å².